The van der Waals surface area contributed by atoms with E-state index < -0.39 is 0 Å². The van der Waals surface area contributed by atoms with Crippen molar-refractivity contribution in [1.82, 2.24) is 15.1 Å². The molecule has 0 atom stereocenters. The molecule has 0 amide bonds. The van der Waals surface area contributed by atoms with Crippen LogP contribution in [0.25, 0.3) is 0 Å². The highest BCUT2D eigenvalue weighted by atomic mass is 19.1. The third-order valence-electron chi connectivity index (χ3n) is 2.90. The van der Waals surface area contributed by atoms with Gasteiger partial charge in [0.2, 0.25) is 0 Å². The maximum absolute atomic E-state index is 13.9. The van der Waals surface area contributed by atoms with Crippen molar-refractivity contribution >= 4 is 0 Å². The lowest BCUT2D eigenvalue weighted by molar-refractivity contribution is 0.433. The van der Waals surface area contributed by atoms with Gasteiger partial charge in [-0.05, 0) is 19.0 Å². The number of para-hydroxylation sites is 1. The summed E-state index contributed by atoms with van der Waals surface area (Å²) in [7, 11) is 0. The lowest BCUT2D eigenvalue weighted by atomic mass is 10.2. The monoisotopic (exact) mass is 277 g/mol. The molecule has 2 aromatic rings. The van der Waals surface area contributed by atoms with E-state index in [1.54, 1.807) is 23.1 Å². The number of ether oxygens (including phenoxy) is 1. The van der Waals surface area contributed by atoms with Crippen LogP contribution in [0.4, 0.5) is 4.39 Å². The molecule has 0 saturated heterocycles. The summed E-state index contributed by atoms with van der Waals surface area (Å²) in [6.45, 7) is 6.31. The molecule has 1 aromatic carbocycles. The Hall–Kier alpha value is -1.88. The van der Waals surface area contributed by atoms with Gasteiger partial charge in [-0.15, -0.1) is 0 Å². The fourth-order valence-electron chi connectivity index (χ4n) is 1.93. The lowest BCUT2D eigenvalue weighted by Crippen LogP contribution is -2.12. The minimum Gasteiger partial charge on any atom is -0.451 e. The number of hydrogen-bond donors (Lipinski definition) is 1. The topological polar surface area (TPSA) is 39.1 Å². The van der Waals surface area contributed by atoms with Crippen LogP contribution in [0.2, 0.25) is 0 Å². The van der Waals surface area contributed by atoms with E-state index in [2.05, 4.69) is 17.3 Å². The first-order valence-corrected chi connectivity index (χ1v) is 6.93. The molecule has 0 fully saturated rings. The minimum atomic E-state index is -0.358. The molecule has 0 saturated carbocycles. The van der Waals surface area contributed by atoms with Crippen molar-refractivity contribution in [3.8, 4) is 11.5 Å². The number of aromatic nitrogens is 2. The fraction of sp³-hybridized carbons (Fsp3) is 0.400. The van der Waals surface area contributed by atoms with Crippen molar-refractivity contribution in [2.24, 2.45) is 0 Å². The van der Waals surface area contributed by atoms with Crippen LogP contribution in [-0.2, 0) is 13.1 Å². The average molecular weight is 277 g/mol. The Bertz CT molecular complexity index is 554. The SMILES string of the molecule is CCCn1cc(Oc2c(F)cccc2CNCC)cn1. The van der Waals surface area contributed by atoms with Gasteiger partial charge in [0.25, 0.3) is 0 Å². The molecule has 4 nitrogen and oxygen atoms in total. The van der Waals surface area contributed by atoms with E-state index in [-0.39, 0.29) is 11.6 Å². The number of nitrogens with one attached hydrogen (secondary N) is 1. The Morgan fingerprint density at radius 1 is 1.35 bits per heavy atom. The highest BCUT2D eigenvalue weighted by Crippen LogP contribution is 2.28. The van der Waals surface area contributed by atoms with Crippen LogP contribution >= 0.6 is 0 Å². The Balaban J connectivity index is 2.18. The molecule has 0 aliphatic rings. The molecule has 0 aliphatic carbocycles. The Morgan fingerprint density at radius 2 is 2.20 bits per heavy atom. The lowest BCUT2D eigenvalue weighted by Gasteiger charge is -2.11. The second-order valence-corrected chi connectivity index (χ2v) is 4.55. The number of halogens is 1. The van der Waals surface area contributed by atoms with Crippen molar-refractivity contribution < 1.29 is 9.13 Å². The number of nitrogens with zero attached hydrogens (tertiary/aromatic N) is 2. The standard InChI is InChI=1S/C15H20FN3O/c1-3-8-19-11-13(10-18-19)20-15-12(9-17-4-2)6-5-7-14(15)16/h5-7,10-11,17H,3-4,8-9H2,1-2H3. The van der Waals surface area contributed by atoms with E-state index in [0.717, 1.165) is 25.1 Å². The molecule has 1 N–H and O–H groups in total. The van der Waals surface area contributed by atoms with Crippen LogP contribution in [0.5, 0.6) is 11.5 Å². The quantitative estimate of drug-likeness (QED) is 0.843. The zero-order chi connectivity index (χ0) is 14.4. The van der Waals surface area contributed by atoms with E-state index >= 15 is 0 Å². The first kappa shape index (κ1) is 14.5. The summed E-state index contributed by atoms with van der Waals surface area (Å²) in [5, 5.41) is 7.35. The molecule has 0 radical (unpaired) electrons. The number of hydrogen-bond acceptors (Lipinski definition) is 3. The second kappa shape index (κ2) is 7.05. The van der Waals surface area contributed by atoms with Crippen LogP contribution in [0.15, 0.2) is 30.6 Å². The molecule has 2 rings (SSSR count). The van der Waals surface area contributed by atoms with Gasteiger partial charge in [0, 0.05) is 18.7 Å². The molecule has 0 aliphatic heterocycles. The van der Waals surface area contributed by atoms with Crippen LogP contribution in [0, 0.1) is 5.82 Å². The van der Waals surface area contributed by atoms with E-state index in [0.29, 0.717) is 12.3 Å². The molecule has 0 unspecified atom stereocenters. The van der Waals surface area contributed by atoms with Crippen molar-refractivity contribution in [3.05, 3.63) is 42.0 Å². The molecule has 20 heavy (non-hydrogen) atoms. The van der Waals surface area contributed by atoms with Crippen molar-refractivity contribution in [2.75, 3.05) is 6.54 Å². The summed E-state index contributed by atoms with van der Waals surface area (Å²) in [6, 6.07) is 4.95. The van der Waals surface area contributed by atoms with Crippen molar-refractivity contribution in [1.29, 1.82) is 0 Å². The molecule has 1 aromatic heterocycles. The highest BCUT2D eigenvalue weighted by Gasteiger charge is 2.11. The zero-order valence-corrected chi connectivity index (χ0v) is 11.9. The highest BCUT2D eigenvalue weighted by molar-refractivity contribution is 5.38. The van der Waals surface area contributed by atoms with E-state index in [9.17, 15) is 4.39 Å². The summed E-state index contributed by atoms with van der Waals surface area (Å²) in [5.41, 5.74) is 0.801. The van der Waals surface area contributed by atoms with Gasteiger partial charge in [-0.2, -0.15) is 5.10 Å². The third-order valence-corrected chi connectivity index (χ3v) is 2.90. The number of aryl methyl sites for hydroxylation is 1. The summed E-state index contributed by atoms with van der Waals surface area (Å²) in [6.07, 6.45) is 4.39. The van der Waals surface area contributed by atoms with Gasteiger partial charge in [0.05, 0.1) is 12.4 Å². The fourth-order valence-corrected chi connectivity index (χ4v) is 1.93. The molecular formula is C15H20FN3O. The van der Waals surface area contributed by atoms with Gasteiger partial charge >= 0.3 is 0 Å². The van der Waals surface area contributed by atoms with Crippen molar-refractivity contribution in [3.63, 3.8) is 0 Å². The first-order valence-electron chi connectivity index (χ1n) is 6.93. The molecule has 0 bridgehead atoms. The molecule has 1 heterocycles. The van der Waals surface area contributed by atoms with Gasteiger partial charge in [0.15, 0.2) is 17.3 Å². The van der Waals surface area contributed by atoms with E-state index in [4.69, 9.17) is 4.74 Å². The zero-order valence-electron chi connectivity index (χ0n) is 11.9. The van der Waals surface area contributed by atoms with Gasteiger partial charge in [-0.3, -0.25) is 4.68 Å². The van der Waals surface area contributed by atoms with E-state index in [1.165, 1.54) is 6.07 Å². The predicted octanol–water partition coefficient (Wildman–Crippen LogP) is 3.33. The maximum Gasteiger partial charge on any atom is 0.167 e. The van der Waals surface area contributed by atoms with Crippen LogP contribution < -0.4 is 10.1 Å². The summed E-state index contributed by atoms with van der Waals surface area (Å²) >= 11 is 0. The largest absolute Gasteiger partial charge is 0.451 e. The number of benzene rings is 1. The molecule has 0 spiro atoms. The first-order chi connectivity index (χ1) is 9.74. The Labute approximate surface area is 118 Å². The average Bonchev–Trinajstić information content (AvgIpc) is 2.87. The Kier molecular flexibility index (Phi) is 5.12. The summed E-state index contributed by atoms with van der Waals surface area (Å²) < 4.78 is 21.4. The minimum absolute atomic E-state index is 0.268. The maximum atomic E-state index is 13.9. The summed E-state index contributed by atoms with van der Waals surface area (Å²) in [4.78, 5) is 0. The van der Waals surface area contributed by atoms with E-state index in [1.807, 2.05) is 13.0 Å². The van der Waals surface area contributed by atoms with Gasteiger partial charge < -0.3 is 10.1 Å². The van der Waals surface area contributed by atoms with Gasteiger partial charge in [-0.25, -0.2) is 4.39 Å². The van der Waals surface area contributed by atoms with Gasteiger partial charge in [0.1, 0.15) is 0 Å². The molecule has 108 valence electrons. The van der Waals surface area contributed by atoms with Crippen LogP contribution in [0.1, 0.15) is 25.8 Å². The smallest absolute Gasteiger partial charge is 0.167 e. The third kappa shape index (κ3) is 3.57. The normalized spacial score (nSPS) is 10.8. The molecular weight excluding hydrogens is 257 g/mol. The van der Waals surface area contributed by atoms with Crippen molar-refractivity contribution in [2.45, 2.75) is 33.4 Å². The Morgan fingerprint density at radius 3 is 2.95 bits per heavy atom. The van der Waals surface area contributed by atoms with Crippen LogP contribution in [-0.4, -0.2) is 16.3 Å². The second-order valence-electron chi connectivity index (χ2n) is 4.55. The van der Waals surface area contributed by atoms with Gasteiger partial charge in [-0.1, -0.05) is 26.0 Å². The predicted molar refractivity (Wildman–Crippen MR) is 76.4 cm³/mol. The summed E-state index contributed by atoms with van der Waals surface area (Å²) in [5.74, 6) is 0.467. The number of rotatable bonds is 7. The van der Waals surface area contributed by atoms with Crippen LogP contribution in [0.3, 0.4) is 0 Å². The molecule has 5 heteroatoms.